The molecule has 2 atom stereocenters. The highest BCUT2D eigenvalue weighted by atomic mass is 14.9. The Bertz CT molecular complexity index is 362. The number of nitrogens with one attached hydrogen (secondary N) is 1. The molecule has 18 heavy (non-hydrogen) atoms. The van der Waals surface area contributed by atoms with E-state index in [4.69, 9.17) is 0 Å². The fourth-order valence-corrected chi connectivity index (χ4v) is 2.96. The first-order valence-electron chi connectivity index (χ1n) is 7.38. The molecular weight excluding hydrogens is 218 g/mol. The van der Waals surface area contributed by atoms with E-state index in [0.29, 0.717) is 6.04 Å². The average molecular weight is 245 g/mol. The van der Waals surface area contributed by atoms with Gasteiger partial charge in [0.15, 0.2) is 0 Å². The first-order chi connectivity index (χ1) is 8.61. The average Bonchev–Trinajstić information content (AvgIpc) is 3.15. The highest BCUT2D eigenvalue weighted by molar-refractivity contribution is 5.26. The minimum absolute atomic E-state index is 0.519. The topological polar surface area (TPSA) is 12.0 Å². The lowest BCUT2D eigenvalue weighted by Crippen LogP contribution is -2.24. The molecule has 1 nitrogen and oxygen atoms in total. The van der Waals surface area contributed by atoms with Crippen molar-refractivity contribution in [3.8, 4) is 0 Å². The molecule has 0 bridgehead atoms. The summed E-state index contributed by atoms with van der Waals surface area (Å²) in [6.45, 7) is 6.94. The molecule has 0 saturated heterocycles. The molecule has 100 valence electrons. The van der Waals surface area contributed by atoms with Crippen molar-refractivity contribution < 1.29 is 0 Å². The maximum absolute atomic E-state index is 3.50. The summed E-state index contributed by atoms with van der Waals surface area (Å²) in [5.74, 6) is 2.44. The molecule has 1 saturated carbocycles. The summed E-state index contributed by atoms with van der Waals surface area (Å²) in [7, 11) is 2.09. The van der Waals surface area contributed by atoms with E-state index in [-0.39, 0.29) is 0 Å². The Balaban J connectivity index is 2.06. The highest BCUT2D eigenvalue weighted by Gasteiger charge is 2.33. The van der Waals surface area contributed by atoms with Crippen LogP contribution in [0.15, 0.2) is 24.3 Å². The van der Waals surface area contributed by atoms with Crippen molar-refractivity contribution >= 4 is 0 Å². The summed E-state index contributed by atoms with van der Waals surface area (Å²) in [6.07, 6.45) is 4.03. The third-order valence-corrected chi connectivity index (χ3v) is 4.19. The van der Waals surface area contributed by atoms with Gasteiger partial charge >= 0.3 is 0 Å². The van der Waals surface area contributed by atoms with Crippen LogP contribution in [0.1, 0.15) is 50.8 Å². The molecule has 2 unspecified atom stereocenters. The normalized spacial score (nSPS) is 18.9. The lowest BCUT2D eigenvalue weighted by Gasteiger charge is -2.24. The molecule has 0 spiro atoms. The van der Waals surface area contributed by atoms with Crippen LogP contribution in [-0.2, 0) is 6.42 Å². The van der Waals surface area contributed by atoms with Crippen molar-refractivity contribution in [2.75, 3.05) is 7.05 Å². The van der Waals surface area contributed by atoms with E-state index in [9.17, 15) is 0 Å². The fraction of sp³-hybridized carbons (Fsp3) is 0.647. The Hall–Kier alpha value is -0.820. The maximum atomic E-state index is 3.50. The van der Waals surface area contributed by atoms with Crippen LogP contribution < -0.4 is 5.32 Å². The third kappa shape index (κ3) is 3.35. The zero-order valence-corrected chi connectivity index (χ0v) is 12.2. The number of benzene rings is 1. The van der Waals surface area contributed by atoms with Crippen molar-refractivity contribution in [1.82, 2.24) is 5.32 Å². The van der Waals surface area contributed by atoms with Gasteiger partial charge in [0.25, 0.3) is 0 Å². The fourth-order valence-electron chi connectivity index (χ4n) is 2.96. The Kier molecular flexibility index (Phi) is 4.45. The second-order valence-electron chi connectivity index (χ2n) is 6.30. The van der Waals surface area contributed by atoms with Crippen LogP contribution in [0.5, 0.6) is 0 Å². The molecule has 0 aliphatic heterocycles. The second kappa shape index (κ2) is 5.88. The molecule has 1 aromatic rings. The molecule has 1 N–H and O–H groups in total. The van der Waals surface area contributed by atoms with Gasteiger partial charge in [-0.25, -0.2) is 0 Å². The molecule has 1 aromatic carbocycles. The maximum Gasteiger partial charge on any atom is 0.0346 e. The van der Waals surface area contributed by atoms with Gasteiger partial charge in [0.05, 0.1) is 0 Å². The van der Waals surface area contributed by atoms with E-state index in [1.807, 2.05) is 0 Å². The zero-order valence-electron chi connectivity index (χ0n) is 12.2. The van der Waals surface area contributed by atoms with Gasteiger partial charge in [-0.2, -0.15) is 0 Å². The molecule has 0 heterocycles. The first kappa shape index (κ1) is 13.6. The van der Waals surface area contributed by atoms with Gasteiger partial charge < -0.3 is 5.32 Å². The van der Waals surface area contributed by atoms with E-state index in [1.54, 1.807) is 0 Å². The van der Waals surface area contributed by atoms with Gasteiger partial charge in [0.2, 0.25) is 0 Å². The molecule has 0 aromatic heterocycles. The Morgan fingerprint density at radius 3 is 2.17 bits per heavy atom. The molecule has 0 amide bonds. The van der Waals surface area contributed by atoms with Crippen LogP contribution in [0.25, 0.3) is 0 Å². The van der Waals surface area contributed by atoms with Crippen molar-refractivity contribution in [3.05, 3.63) is 35.4 Å². The van der Waals surface area contributed by atoms with Crippen LogP contribution >= 0.6 is 0 Å². The summed E-state index contributed by atoms with van der Waals surface area (Å²) < 4.78 is 0. The molecule has 1 fully saturated rings. The van der Waals surface area contributed by atoms with Crippen molar-refractivity contribution in [2.45, 2.75) is 46.1 Å². The van der Waals surface area contributed by atoms with Crippen LogP contribution in [0.4, 0.5) is 0 Å². The van der Waals surface area contributed by atoms with E-state index in [0.717, 1.165) is 17.8 Å². The minimum atomic E-state index is 0.519. The predicted octanol–water partition coefficient (Wildman–Crippen LogP) is 4.19. The summed E-state index contributed by atoms with van der Waals surface area (Å²) >= 11 is 0. The molecule has 1 heteroatoms. The monoisotopic (exact) mass is 245 g/mol. The van der Waals surface area contributed by atoms with E-state index < -0.39 is 0 Å². The Labute approximate surface area is 112 Å². The van der Waals surface area contributed by atoms with E-state index in [1.165, 1.54) is 30.4 Å². The number of rotatable bonds is 6. The Morgan fingerprint density at radius 1 is 1.11 bits per heavy atom. The van der Waals surface area contributed by atoms with Gasteiger partial charge in [-0.15, -0.1) is 0 Å². The highest BCUT2D eigenvalue weighted by Crippen LogP contribution is 2.42. The molecule has 0 radical (unpaired) electrons. The molecular formula is C17H27N. The predicted molar refractivity (Wildman–Crippen MR) is 78.7 cm³/mol. The van der Waals surface area contributed by atoms with E-state index >= 15 is 0 Å². The van der Waals surface area contributed by atoms with Crippen LogP contribution in [0, 0.1) is 17.8 Å². The summed E-state index contributed by atoms with van der Waals surface area (Å²) in [6, 6.07) is 9.76. The second-order valence-corrected chi connectivity index (χ2v) is 6.30. The van der Waals surface area contributed by atoms with Crippen molar-refractivity contribution in [3.63, 3.8) is 0 Å². The quantitative estimate of drug-likeness (QED) is 0.792. The van der Waals surface area contributed by atoms with Gasteiger partial charge in [-0.3, -0.25) is 0 Å². The lowest BCUT2D eigenvalue weighted by molar-refractivity contribution is 0.369. The minimum Gasteiger partial charge on any atom is -0.313 e. The van der Waals surface area contributed by atoms with Crippen molar-refractivity contribution in [2.24, 2.45) is 17.8 Å². The molecule has 1 aliphatic carbocycles. The van der Waals surface area contributed by atoms with Crippen LogP contribution in [0.3, 0.4) is 0 Å². The summed E-state index contributed by atoms with van der Waals surface area (Å²) in [5.41, 5.74) is 2.91. The largest absolute Gasteiger partial charge is 0.313 e. The zero-order chi connectivity index (χ0) is 13.1. The van der Waals surface area contributed by atoms with Crippen LogP contribution in [0.2, 0.25) is 0 Å². The molecule has 2 rings (SSSR count). The van der Waals surface area contributed by atoms with Gasteiger partial charge in [0, 0.05) is 6.04 Å². The number of hydrogen-bond donors (Lipinski definition) is 1. The lowest BCUT2D eigenvalue weighted by atomic mass is 9.90. The van der Waals surface area contributed by atoms with Gasteiger partial charge in [-0.05, 0) is 55.2 Å². The standard InChI is InChI=1S/C17H27N/c1-12(2)11-14-5-7-16(8-6-14)17(18-4)13(3)15-9-10-15/h5-8,12-13,15,17-18H,9-11H2,1-4H3. The summed E-state index contributed by atoms with van der Waals surface area (Å²) in [4.78, 5) is 0. The van der Waals surface area contributed by atoms with Crippen LogP contribution in [-0.4, -0.2) is 7.05 Å². The summed E-state index contributed by atoms with van der Waals surface area (Å²) in [5, 5.41) is 3.50. The third-order valence-electron chi connectivity index (χ3n) is 4.19. The molecule has 1 aliphatic rings. The van der Waals surface area contributed by atoms with Gasteiger partial charge in [-0.1, -0.05) is 45.0 Å². The first-order valence-corrected chi connectivity index (χ1v) is 7.38. The number of hydrogen-bond acceptors (Lipinski definition) is 1. The Morgan fingerprint density at radius 2 is 1.72 bits per heavy atom. The van der Waals surface area contributed by atoms with Gasteiger partial charge in [0.1, 0.15) is 0 Å². The smallest absolute Gasteiger partial charge is 0.0346 e. The van der Waals surface area contributed by atoms with Crippen molar-refractivity contribution in [1.29, 1.82) is 0 Å². The SMILES string of the molecule is CNC(c1ccc(CC(C)C)cc1)C(C)C1CC1. The van der Waals surface area contributed by atoms with E-state index in [2.05, 4.69) is 57.4 Å².